The van der Waals surface area contributed by atoms with Crippen LogP contribution in [0, 0.1) is 5.82 Å². The highest BCUT2D eigenvalue weighted by Crippen LogP contribution is 2.22. The summed E-state index contributed by atoms with van der Waals surface area (Å²) >= 11 is 1.50. The van der Waals surface area contributed by atoms with Gasteiger partial charge in [-0.25, -0.2) is 4.39 Å². The van der Waals surface area contributed by atoms with Crippen molar-refractivity contribution >= 4 is 17.5 Å². The fraction of sp³-hybridized carbons (Fsp3) is 0.500. The van der Waals surface area contributed by atoms with Crippen molar-refractivity contribution in [1.82, 2.24) is 4.90 Å². The second-order valence-electron chi connectivity index (χ2n) is 4.08. The van der Waals surface area contributed by atoms with Gasteiger partial charge in [0, 0.05) is 22.8 Å². The number of carbonyl (C=O) groups is 1. The van der Waals surface area contributed by atoms with Gasteiger partial charge in [0.25, 0.3) is 0 Å². The molecule has 0 fully saturated rings. The average Bonchev–Trinajstić information content (AvgIpc) is 2.36. The summed E-state index contributed by atoms with van der Waals surface area (Å²) < 4.78 is 13.7. The van der Waals surface area contributed by atoms with Crippen molar-refractivity contribution in [2.24, 2.45) is 0 Å². The Labute approximate surface area is 113 Å². The lowest BCUT2D eigenvalue weighted by Gasteiger charge is -2.17. The van der Waals surface area contributed by atoms with E-state index in [1.807, 2.05) is 0 Å². The van der Waals surface area contributed by atoms with Crippen molar-refractivity contribution in [1.29, 1.82) is 0 Å². The highest BCUT2D eigenvalue weighted by Gasteiger charge is 2.07. The summed E-state index contributed by atoms with van der Waals surface area (Å²) in [4.78, 5) is 14.0. The SMILES string of the molecule is CCN(CC)CCSc1ccc(C(C)=O)cc1F. The fourth-order valence-electron chi connectivity index (χ4n) is 1.66. The van der Waals surface area contributed by atoms with Gasteiger partial charge >= 0.3 is 0 Å². The predicted octanol–water partition coefficient (Wildman–Crippen LogP) is 3.46. The molecule has 1 aromatic carbocycles. The Kier molecular flexibility index (Phi) is 6.36. The second kappa shape index (κ2) is 7.54. The third kappa shape index (κ3) is 4.42. The quantitative estimate of drug-likeness (QED) is 0.558. The lowest BCUT2D eigenvalue weighted by atomic mass is 10.1. The van der Waals surface area contributed by atoms with E-state index in [1.165, 1.54) is 24.8 Å². The highest BCUT2D eigenvalue weighted by molar-refractivity contribution is 7.99. The van der Waals surface area contributed by atoms with Crippen molar-refractivity contribution in [3.63, 3.8) is 0 Å². The number of halogens is 1. The summed E-state index contributed by atoms with van der Waals surface area (Å²) in [6, 6.07) is 4.70. The zero-order chi connectivity index (χ0) is 13.5. The van der Waals surface area contributed by atoms with E-state index in [4.69, 9.17) is 0 Å². The van der Waals surface area contributed by atoms with Crippen LogP contribution in [0.3, 0.4) is 0 Å². The van der Waals surface area contributed by atoms with E-state index in [-0.39, 0.29) is 11.6 Å². The molecule has 0 heterocycles. The Morgan fingerprint density at radius 3 is 2.50 bits per heavy atom. The standard InChI is InChI=1S/C14H20FNOS/c1-4-16(5-2)8-9-18-14-7-6-12(11(3)17)10-13(14)15/h6-7,10H,4-5,8-9H2,1-3H3. The van der Waals surface area contributed by atoms with E-state index < -0.39 is 0 Å². The minimum Gasteiger partial charge on any atom is -0.303 e. The van der Waals surface area contributed by atoms with E-state index >= 15 is 0 Å². The third-order valence-electron chi connectivity index (χ3n) is 2.90. The molecule has 0 aliphatic rings. The zero-order valence-electron chi connectivity index (χ0n) is 11.2. The molecule has 0 unspecified atom stereocenters. The molecule has 0 radical (unpaired) electrons. The van der Waals surface area contributed by atoms with E-state index in [9.17, 15) is 9.18 Å². The van der Waals surface area contributed by atoms with Gasteiger partial charge in [-0.05, 0) is 32.1 Å². The van der Waals surface area contributed by atoms with Crippen molar-refractivity contribution in [3.05, 3.63) is 29.6 Å². The maximum absolute atomic E-state index is 13.7. The maximum Gasteiger partial charge on any atom is 0.159 e. The zero-order valence-corrected chi connectivity index (χ0v) is 12.0. The van der Waals surface area contributed by atoms with Crippen LogP contribution < -0.4 is 0 Å². The van der Waals surface area contributed by atoms with Crippen molar-refractivity contribution in [2.75, 3.05) is 25.4 Å². The summed E-state index contributed by atoms with van der Waals surface area (Å²) in [6.07, 6.45) is 0. The fourth-order valence-corrected chi connectivity index (χ4v) is 2.59. The van der Waals surface area contributed by atoms with Crippen LogP contribution in [-0.2, 0) is 0 Å². The first kappa shape index (κ1) is 15.2. The normalized spacial score (nSPS) is 10.9. The molecule has 0 atom stereocenters. The number of nitrogens with zero attached hydrogens (tertiary/aromatic N) is 1. The summed E-state index contributed by atoms with van der Waals surface area (Å²) in [7, 11) is 0. The predicted molar refractivity (Wildman–Crippen MR) is 74.9 cm³/mol. The second-order valence-corrected chi connectivity index (χ2v) is 5.21. The molecule has 0 N–H and O–H groups in total. The summed E-state index contributed by atoms with van der Waals surface area (Å²) in [5.41, 5.74) is 0.431. The van der Waals surface area contributed by atoms with Gasteiger partial charge in [0.1, 0.15) is 5.82 Å². The van der Waals surface area contributed by atoms with Crippen LogP contribution in [0.15, 0.2) is 23.1 Å². The number of rotatable bonds is 7. The topological polar surface area (TPSA) is 20.3 Å². The van der Waals surface area contributed by atoms with Crippen LogP contribution >= 0.6 is 11.8 Å². The van der Waals surface area contributed by atoms with Gasteiger partial charge in [0.2, 0.25) is 0 Å². The molecule has 0 saturated heterocycles. The third-order valence-corrected chi connectivity index (χ3v) is 3.93. The van der Waals surface area contributed by atoms with Gasteiger partial charge in [-0.15, -0.1) is 11.8 Å². The van der Waals surface area contributed by atoms with Crippen LogP contribution in [0.25, 0.3) is 0 Å². The first-order valence-electron chi connectivity index (χ1n) is 6.24. The monoisotopic (exact) mass is 269 g/mol. The first-order valence-corrected chi connectivity index (χ1v) is 7.22. The summed E-state index contributed by atoms with van der Waals surface area (Å²) in [5, 5.41) is 0. The lowest BCUT2D eigenvalue weighted by Crippen LogP contribution is -2.25. The number of hydrogen-bond acceptors (Lipinski definition) is 3. The molecule has 2 nitrogen and oxygen atoms in total. The number of hydrogen-bond donors (Lipinski definition) is 0. The molecule has 0 saturated carbocycles. The molecule has 0 aromatic heterocycles. The van der Waals surface area contributed by atoms with Gasteiger partial charge in [-0.3, -0.25) is 4.79 Å². The maximum atomic E-state index is 13.7. The molecule has 18 heavy (non-hydrogen) atoms. The van der Waals surface area contributed by atoms with Gasteiger partial charge in [0.05, 0.1) is 0 Å². The highest BCUT2D eigenvalue weighted by atomic mass is 32.2. The molecule has 0 spiro atoms. The number of Topliss-reactive ketones (excluding diaryl/α,β-unsaturated/α-hetero) is 1. The molecule has 0 aliphatic carbocycles. The number of benzene rings is 1. The molecule has 1 aromatic rings. The number of carbonyl (C=O) groups excluding carboxylic acids is 1. The van der Waals surface area contributed by atoms with Gasteiger partial charge < -0.3 is 4.90 Å². The van der Waals surface area contributed by atoms with Crippen LogP contribution in [0.4, 0.5) is 4.39 Å². The van der Waals surface area contributed by atoms with E-state index in [0.29, 0.717) is 10.5 Å². The van der Waals surface area contributed by atoms with Gasteiger partial charge in [0.15, 0.2) is 5.78 Å². The first-order chi connectivity index (χ1) is 8.58. The van der Waals surface area contributed by atoms with E-state index in [2.05, 4.69) is 18.7 Å². The smallest absolute Gasteiger partial charge is 0.159 e. The summed E-state index contributed by atoms with van der Waals surface area (Å²) in [5.74, 6) is 0.457. The van der Waals surface area contributed by atoms with Crippen molar-refractivity contribution < 1.29 is 9.18 Å². The van der Waals surface area contributed by atoms with Crippen LogP contribution in [0.1, 0.15) is 31.1 Å². The molecule has 1 rings (SSSR count). The van der Waals surface area contributed by atoms with Gasteiger partial charge in [-0.2, -0.15) is 0 Å². The van der Waals surface area contributed by atoms with E-state index in [1.54, 1.807) is 12.1 Å². The molecule has 0 bridgehead atoms. The molecule has 0 aliphatic heterocycles. The Hall–Kier alpha value is -0.870. The van der Waals surface area contributed by atoms with Gasteiger partial charge in [-0.1, -0.05) is 19.9 Å². The Bertz CT molecular complexity index is 405. The van der Waals surface area contributed by atoms with Crippen LogP contribution in [-0.4, -0.2) is 36.1 Å². The average molecular weight is 269 g/mol. The van der Waals surface area contributed by atoms with Crippen LogP contribution in [0.5, 0.6) is 0 Å². The molecular weight excluding hydrogens is 249 g/mol. The minimum atomic E-state index is -0.299. The van der Waals surface area contributed by atoms with Crippen LogP contribution in [0.2, 0.25) is 0 Å². The molecular formula is C14H20FNOS. The Morgan fingerprint density at radius 2 is 2.00 bits per heavy atom. The molecule has 0 amide bonds. The lowest BCUT2D eigenvalue weighted by molar-refractivity contribution is 0.101. The Morgan fingerprint density at radius 1 is 1.33 bits per heavy atom. The minimum absolute atomic E-state index is 0.103. The number of thioether (sulfide) groups is 1. The number of ketones is 1. The van der Waals surface area contributed by atoms with Crippen molar-refractivity contribution in [3.8, 4) is 0 Å². The molecule has 4 heteroatoms. The van der Waals surface area contributed by atoms with Crippen molar-refractivity contribution in [2.45, 2.75) is 25.7 Å². The largest absolute Gasteiger partial charge is 0.303 e. The summed E-state index contributed by atoms with van der Waals surface area (Å²) in [6.45, 7) is 8.67. The molecule has 100 valence electrons. The Balaban J connectivity index is 2.55. The van der Waals surface area contributed by atoms with E-state index in [0.717, 1.165) is 25.4 Å².